The lowest BCUT2D eigenvalue weighted by Crippen LogP contribution is -2.29. The third-order valence-corrected chi connectivity index (χ3v) is 4.85. The van der Waals surface area contributed by atoms with Gasteiger partial charge in [-0.25, -0.2) is 0 Å². The van der Waals surface area contributed by atoms with Crippen LogP contribution in [0.4, 0.5) is 0 Å². The second kappa shape index (κ2) is 8.11. The van der Waals surface area contributed by atoms with Crippen LogP contribution in [0.5, 0.6) is 0 Å². The van der Waals surface area contributed by atoms with Gasteiger partial charge in [-0.15, -0.1) is 0 Å². The minimum atomic E-state index is 0.332. The maximum Gasteiger partial charge on any atom is 0.0305 e. The molecule has 0 bridgehead atoms. The van der Waals surface area contributed by atoms with Gasteiger partial charge in [-0.2, -0.15) is 0 Å². The first-order valence-corrected chi connectivity index (χ1v) is 8.90. The molecule has 21 heavy (non-hydrogen) atoms. The molecular formula is C18H21Br2N. The lowest BCUT2D eigenvalue weighted by atomic mass is 10.0. The van der Waals surface area contributed by atoms with E-state index in [2.05, 4.69) is 99.6 Å². The molecule has 0 aliphatic heterocycles. The van der Waals surface area contributed by atoms with E-state index in [0.29, 0.717) is 12.1 Å². The maximum absolute atomic E-state index is 3.68. The Morgan fingerprint density at radius 3 is 2.38 bits per heavy atom. The van der Waals surface area contributed by atoms with Gasteiger partial charge in [0, 0.05) is 21.0 Å². The Morgan fingerprint density at radius 1 is 1.00 bits per heavy atom. The fraction of sp³-hybridized carbons (Fsp3) is 0.333. The molecule has 0 saturated carbocycles. The molecular weight excluding hydrogens is 390 g/mol. The second-order valence-electron chi connectivity index (χ2n) is 5.48. The summed E-state index contributed by atoms with van der Waals surface area (Å²) in [6, 6.07) is 17.8. The Morgan fingerprint density at radius 2 is 1.71 bits per heavy atom. The topological polar surface area (TPSA) is 12.0 Å². The monoisotopic (exact) mass is 409 g/mol. The molecule has 0 aromatic heterocycles. The van der Waals surface area contributed by atoms with Gasteiger partial charge >= 0.3 is 0 Å². The summed E-state index contributed by atoms with van der Waals surface area (Å²) in [6.45, 7) is 4.47. The van der Waals surface area contributed by atoms with Gasteiger partial charge in [0.25, 0.3) is 0 Å². The third kappa shape index (κ3) is 5.24. The minimum Gasteiger partial charge on any atom is -0.308 e. The molecule has 3 heteroatoms. The van der Waals surface area contributed by atoms with Gasteiger partial charge in [0.15, 0.2) is 0 Å². The zero-order valence-electron chi connectivity index (χ0n) is 12.4. The van der Waals surface area contributed by atoms with Crippen molar-refractivity contribution in [2.24, 2.45) is 0 Å². The Kier molecular flexibility index (Phi) is 6.46. The summed E-state index contributed by atoms with van der Waals surface area (Å²) in [5, 5.41) is 3.68. The van der Waals surface area contributed by atoms with Gasteiger partial charge in [0.05, 0.1) is 0 Å². The minimum absolute atomic E-state index is 0.332. The summed E-state index contributed by atoms with van der Waals surface area (Å²) >= 11 is 7.14. The van der Waals surface area contributed by atoms with Crippen LogP contribution in [-0.2, 0) is 6.42 Å². The van der Waals surface area contributed by atoms with Gasteiger partial charge in [-0.1, -0.05) is 68.3 Å². The number of hydrogen-bond donors (Lipinski definition) is 1. The van der Waals surface area contributed by atoms with Crippen molar-refractivity contribution in [2.75, 3.05) is 0 Å². The van der Waals surface area contributed by atoms with Crippen molar-refractivity contribution in [3.63, 3.8) is 0 Å². The fourth-order valence-corrected chi connectivity index (χ4v) is 3.87. The summed E-state index contributed by atoms with van der Waals surface area (Å²) in [7, 11) is 0. The molecule has 0 amide bonds. The molecule has 2 rings (SSSR count). The van der Waals surface area contributed by atoms with E-state index in [1.165, 1.54) is 11.1 Å². The lowest BCUT2D eigenvalue weighted by Gasteiger charge is -2.21. The Bertz CT molecular complexity index is 569. The van der Waals surface area contributed by atoms with E-state index in [1.54, 1.807) is 0 Å². The van der Waals surface area contributed by atoms with E-state index in [-0.39, 0.29) is 0 Å². The fourth-order valence-electron chi connectivity index (χ4n) is 2.48. The predicted molar refractivity (Wildman–Crippen MR) is 97.6 cm³/mol. The van der Waals surface area contributed by atoms with Crippen molar-refractivity contribution in [1.82, 2.24) is 5.32 Å². The highest BCUT2D eigenvalue weighted by atomic mass is 79.9. The zero-order chi connectivity index (χ0) is 15.2. The number of rotatable bonds is 6. The van der Waals surface area contributed by atoms with E-state index in [9.17, 15) is 0 Å². The number of hydrogen-bond acceptors (Lipinski definition) is 1. The first kappa shape index (κ1) is 16.7. The highest BCUT2D eigenvalue weighted by molar-refractivity contribution is 9.11. The highest BCUT2D eigenvalue weighted by Gasteiger charge is 2.12. The van der Waals surface area contributed by atoms with Gasteiger partial charge in [-0.05, 0) is 49.9 Å². The lowest BCUT2D eigenvalue weighted by molar-refractivity contribution is 0.455. The Labute approximate surface area is 144 Å². The largest absolute Gasteiger partial charge is 0.308 e. The van der Waals surface area contributed by atoms with E-state index in [1.807, 2.05) is 0 Å². The van der Waals surface area contributed by atoms with Crippen molar-refractivity contribution in [3.8, 4) is 0 Å². The SMILES string of the molecule is CC(CCc1ccccc1)NC(C)c1ccc(Br)cc1Br. The van der Waals surface area contributed by atoms with Crippen LogP contribution in [0.1, 0.15) is 37.4 Å². The van der Waals surface area contributed by atoms with E-state index >= 15 is 0 Å². The molecule has 112 valence electrons. The molecule has 0 aliphatic carbocycles. The number of nitrogens with one attached hydrogen (secondary N) is 1. The molecule has 0 saturated heterocycles. The predicted octanol–water partition coefficient (Wildman–Crippen LogP) is 5.88. The summed E-state index contributed by atoms with van der Waals surface area (Å²) in [5.74, 6) is 0. The molecule has 2 atom stereocenters. The molecule has 2 aromatic carbocycles. The van der Waals surface area contributed by atoms with E-state index < -0.39 is 0 Å². The van der Waals surface area contributed by atoms with Crippen LogP contribution in [0, 0.1) is 0 Å². The second-order valence-corrected chi connectivity index (χ2v) is 7.25. The molecule has 0 spiro atoms. The standard InChI is InChI=1S/C18H21Br2N/c1-13(8-9-15-6-4-3-5-7-15)21-14(2)17-11-10-16(19)12-18(17)20/h3-7,10-14,21H,8-9H2,1-2H3. The van der Waals surface area contributed by atoms with Crippen LogP contribution in [0.25, 0.3) is 0 Å². The number of halogens is 2. The molecule has 0 aliphatic rings. The summed E-state index contributed by atoms with van der Waals surface area (Å²) in [4.78, 5) is 0. The molecule has 2 unspecified atom stereocenters. The first-order valence-electron chi connectivity index (χ1n) is 7.31. The van der Waals surface area contributed by atoms with Crippen molar-refractivity contribution in [1.29, 1.82) is 0 Å². The van der Waals surface area contributed by atoms with E-state index in [0.717, 1.165) is 21.8 Å². The summed E-state index contributed by atoms with van der Waals surface area (Å²) in [6.07, 6.45) is 2.26. The van der Waals surface area contributed by atoms with Crippen molar-refractivity contribution >= 4 is 31.9 Å². The molecule has 2 aromatic rings. The maximum atomic E-state index is 3.68. The highest BCUT2D eigenvalue weighted by Crippen LogP contribution is 2.27. The molecule has 1 nitrogen and oxygen atoms in total. The van der Waals surface area contributed by atoms with Gasteiger partial charge in [-0.3, -0.25) is 0 Å². The molecule has 0 fully saturated rings. The zero-order valence-corrected chi connectivity index (χ0v) is 15.6. The molecule has 1 N–H and O–H groups in total. The number of benzene rings is 2. The van der Waals surface area contributed by atoms with Crippen LogP contribution in [0.15, 0.2) is 57.5 Å². The quantitative estimate of drug-likeness (QED) is 0.626. The van der Waals surface area contributed by atoms with Crippen molar-refractivity contribution in [2.45, 2.75) is 38.8 Å². The first-order chi connectivity index (χ1) is 10.1. The Balaban J connectivity index is 1.88. The molecule has 0 radical (unpaired) electrons. The van der Waals surface area contributed by atoms with Crippen LogP contribution < -0.4 is 5.32 Å². The number of aryl methyl sites for hydroxylation is 1. The van der Waals surface area contributed by atoms with Crippen LogP contribution in [0.2, 0.25) is 0 Å². The van der Waals surface area contributed by atoms with Gasteiger partial charge < -0.3 is 5.32 Å². The van der Waals surface area contributed by atoms with Crippen LogP contribution in [-0.4, -0.2) is 6.04 Å². The van der Waals surface area contributed by atoms with Crippen molar-refractivity contribution < 1.29 is 0 Å². The van der Waals surface area contributed by atoms with E-state index in [4.69, 9.17) is 0 Å². The average Bonchev–Trinajstić information content (AvgIpc) is 2.46. The summed E-state index contributed by atoms with van der Waals surface area (Å²) in [5.41, 5.74) is 2.70. The normalized spacial score (nSPS) is 13.9. The summed E-state index contributed by atoms with van der Waals surface area (Å²) < 4.78 is 2.24. The average molecular weight is 411 g/mol. The van der Waals surface area contributed by atoms with Crippen molar-refractivity contribution in [3.05, 3.63) is 68.6 Å². The van der Waals surface area contributed by atoms with Gasteiger partial charge in [0.2, 0.25) is 0 Å². The van der Waals surface area contributed by atoms with Crippen LogP contribution in [0.3, 0.4) is 0 Å². The van der Waals surface area contributed by atoms with Gasteiger partial charge in [0.1, 0.15) is 0 Å². The molecule has 0 heterocycles. The van der Waals surface area contributed by atoms with Crippen LogP contribution >= 0.6 is 31.9 Å². The third-order valence-electron chi connectivity index (χ3n) is 3.67. The smallest absolute Gasteiger partial charge is 0.0305 e. The Hall–Kier alpha value is -0.640.